The van der Waals surface area contributed by atoms with Gasteiger partial charge in [-0.3, -0.25) is 0 Å². The fourth-order valence-electron chi connectivity index (χ4n) is 0.799. The number of alkyl halides is 3. The fraction of sp³-hybridized carbons (Fsp3) is 0.125. The van der Waals surface area contributed by atoms with Gasteiger partial charge in [-0.2, -0.15) is 0 Å². The summed E-state index contributed by atoms with van der Waals surface area (Å²) in [6, 6.07) is 6.11. The van der Waals surface area contributed by atoms with E-state index in [-0.39, 0.29) is 5.56 Å². The first-order valence-electron chi connectivity index (χ1n) is 3.47. The van der Waals surface area contributed by atoms with E-state index in [4.69, 9.17) is 39.9 Å². The predicted molar refractivity (Wildman–Crippen MR) is 59.5 cm³/mol. The average molecular weight is 272 g/mol. The van der Waals surface area contributed by atoms with Crippen molar-refractivity contribution >= 4 is 52.5 Å². The minimum absolute atomic E-state index is 0.207. The molecule has 0 saturated carbocycles. The van der Waals surface area contributed by atoms with Gasteiger partial charge in [0.2, 0.25) is 3.12 Å². The monoisotopic (exact) mass is 270 g/mol. The summed E-state index contributed by atoms with van der Waals surface area (Å²) >= 11 is 17.7. The van der Waals surface area contributed by atoms with Crippen LogP contribution in [0, 0.1) is 0 Å². The smallest absolute Gasteiger partial charge is 0.335 e. The fourth-order valence-corrected chi connectivity index (χ4v) is 2.14. The van der Waals surface area contributed by atoms with Crippen LogP contribution in [0.25, 0.3) is 0 Å². The van der Waals surface area contributed by atoms with Crippen LogP contribution in [0.4, 0.5) is 0 Å². The SMILES string of the molecule is O=C(O)c1ccc(SC(Cl)(Cl)Cl)cc1. The number of hydrogen-bond acceptors (Lipinski definition) is 2. The van der Waals surface area contributed by atoms with Crippen LogP contribution in [0.3, 0.4) is 0 Å². The van der Waals surface area contributed by atoms with Gasteiger partial charge in [0, 0.05) is 4.90 Å². The second-order valence-corrected chi connectivity index (χ2v) is 6.62. The van der Waals surface area contributed by atoms with E-state index in [2.05, 4.69) is 0 Å². The summed E-state index contributed by atoms with van der Waals surface area (Å²) in [4.78, 5) is 11.2. The van der Waals surface area contributed by atoms with Crippen LogP contribution < -0.4 is 0 Å². The molecular weight excluding hydrogens is 267 g/mol. The van der Waals surface area contributed by atoms with Gasteiger partial charge in [-0.1, -0.05) is 46.6 Å². The van der Waals surface area contributed by atoms with E-state index in [0.717, 1.165) is 11.8 Å². The molecule has 1 aromatic rings. The zero-order valence-electron chi connectivity index (χ0n) is 6.71. The number of thioether (sulfide) groups is 1. The van der Waals surface area contributed by atoms with Crippen molar-refractivity contribution in [2.75, 3.05) is 0 Å². The quantitative estimate of drug-likeness (QED) is 0.656. The van der Waals surface area contributed by atoms with Gasteiger partial charge in [-0.15, -0.1) is 0 Å². The molecule has 0 bridgehead atoms. The highest BCUT2D eigenvalue weighted by Crippen LogP contribution is 2.43. The first-order chi connectivity index (χ1) is 6.38. The van der Waals surface area contributed by atoms with Crippen molar-refractivity contribution in [2.24, 2.45) is 0 Å². The van der Waals surface area contributed by atoms with Gasteiger partial charge in [0.05, 0.1) is 5.56 Å². The van der Waals surface area contributed by atoms with E-state index < -0.39 is 9.09 Å². The lowest BCUT2D eigenvalue weighted by molar-refractivity contribution is 0.0697. The van der Waals surface area contributed by atoms with Crippen molar-refractivity contribution in [3.63, 3.8) is 0 Å². The molecule has 0 fully saturated rings. The Balaban J connectivity index is 2.79. The van der Waals surface area contributed by atoms with E-state index >= 15 is 0 Å². The van der Waals surface area contributed by atoms with Gasteiger partial charge in [0.1, 0.15) is 0 Å². The van der Waals surface area contributed by atoms with Crippen molar-refractivity contribution in [2.45, 2.75) is 8.02 Å². The molecule has 1 N–H and O–H groups in total. The third-order valence-corrected chi connectivity index (χ3v) is 2.77. The van der Waals surface area contributed by atoms with Gasteiger partial charge in [-0.05, 0) is 24.3 Å². The molecule has 0 spiro atoms. The number of rotatable bonds is 2. The molecule has 1 aromatic carbocycles. The van der Waals surface area contributed by atoms with Crippen LogP contribution in [0.15, 0.2) is 29.2 Å². The number of carboxylic acids is 1. The van der Waals surface area contributed by atoms with E-state index in [9.17, 15) is 4.79 Å². The summed E-state index contributed by atoms with van der Waals surface area (Å²) in [6.45, 7) is 0. The Hall–Kier alpha value is -0.0900. The highest BCUT2D eigenvalue weighted by Gasteiger charge is 2.21. The minimum Gasteiger partial charge on any atom is -0.478 e. The lowest BCUT2D eigenvalue weighted by Gasteiger charge is -2.09. The van der Waals surface area contributed by atoms with Crippen molar-refractivity contribution < 1.29 is 9.90 Å². The van der Waals surface area contributed by atoms with Gasteiger partial charge < -0.3 is 5.11 Å². The normalized spacial score (nSPS) is 11.4. The van der Waals surface area contributed by atoms with Crippen LogP contribution >= 0.6 is 46.6 Å². The van der Waals surface area contributed by atoms with Crippen LogP contribution in [-0.4, -0.2) is 14.2 Å². The molecule has 0 unspecified atom stereocenters. The van der Waals surface area contributed by atoms with Crippen LogP contribution in [-0.2, 0) is 0 Å². The first-order valence-corrected chi connectivity index (χ1v) is 5.42. The van der Waals surface area contributed by atoms with Crippen LogP contribution in [0.1, 0.15) is 10.4 Å². The van der Waals surface area contributed by atoms with E-state index in [1.807, 2.05) is 0 Å². The number of carbonyl (C=O) groups is 1. The molecule has 76 valence electrons. The maximum absolute atomic E-state index is 10.5. The lowest BCUT2D eigenvalue weighted by Crippen LogP contribution is -1.96. The van der Waals surface area contributed by atoms with Gasteiger partial charge in [0.25, 0.3) is 0 Å². The molecule has 2 nitrogen and oxygen atoms in total. The molecule has 0 aliphatic heterocycles. The Labute approximate surface area is 100 Å². The molecule has 6 heteroatoms. The van der Waals surface area contributed by atoms with E-state index in [1.54, 1.807) is 12.1 Å². The van der Waals surface area contributed by atoms with Crippen molar-refractivity contribution in [1.29, 1.82) is 0 Å². The maximum atomic E-state index is 10.5. The Morgan fingerprint density at radius 2 is 1.71 bits per heavy atom. The zero-order chi connectivity index (χ0) is 10.8. The van der Waals surface area contributed by atoms with Crippen LogP contribution in [0.5, 0.6) is 0 Å². The molecule has 0 radical (unpaired) electrons. The second-order valence-electron chi connectivity index (χ2n) is 2.38. The second kappa shape index (κ2) is 4.62. The summed E-state index contributed by atoms with van der Waals surface area (Å²) in [6.07, 6.45) is 0. The minimum atomic E-state index is -1.43. The number of aromatic carboxylic acids is 1. The molecule has 0 aliphatic carbocycles. The Morgan fingerprint density at radius 3 is 2.07 bits per heavy atom. The Kier molecular flexibility index (Phi) is 3.95. The van der Waals surface area contributed by atoms with Crippen molar-refractivity contribution in [3.8, 4) is 0 Å². The van der Waals surface area contributed by atoms with Gasteiger partial charge in [-0.25, -0.2) is 4.79 Å². The molecule has 0 heterocycles. The Morgan fingerprint density at radius 1 is 1.21 bits per heavy atom. The molecule has 0 saturated heterocycles. The largest absolute Gasteiger partial charge is 0.478 e. The van der Waals surface area contributed by atoms with Crippen molar-refractivity contribution in [1.82, 2.24) is 0 Å². The first kappa shape index (κ1) is 12.0. The standard InChI is InChI=1S/C8H5Cl3O2S/c9-8(10,11)14-6-3-1-5(2-4-6)7(12)13/h1-4H,(H,12,13). The summed E-state index contributed by atoms with van der Waals surface area (Å²) < 4.78 is -1.43. The molecule has 0 aromatic heterocycles. The zero-order valence-corrected chi connectivity index (χ0v) is 9.79. The average Bonchev–Trinajstić information content (AvgIpc) is 2.02. The van der Waals surface area contributed by atoms with E-state index in [1.165, 1.54) is 12.1 Å². The number of carboxylic acid groups (broad SMARTS) is 1. The van der Waals surface area contributed by atoms with E-state index in [0.29, 0.717) is 4.90 Å². The van der Waals surface area contributed by atoms with Crippen LogP contribution in [0.2, 0.25) is 0 Å². The molecule has 1 rings (SSSR count). The summed E-state index contributed by atoms with van der Waals surface area (Å²) in [7, 11) is 0. The maximum Gasteiger partial charge on any atom is 0.335 e. The number of hydrogen-bond donors (Lipinski definition) is 1. The number of halogens is 3. The Bertz CT molecular complexity index is 331. The highest BCUT2D eigenvalue weighted by molar-refractivity contribution is 8.04. The third-order valence-electron chi connectivity index (χ3n) is 1.33. The molecule has 14 heavy (non-hydrogen) atoms. The summed E-state index contributed by atoms with van der Waals surface area (Å²) in [5, 5.41) is 8.62. The third kappa shape index (κ3) is 3.96. The molecule has 0 aliphatic rings. The molecule has 0 atom stereocenters. The topological polar surface area (TPSA) is 37.3 Å². The molecular formula is C8H5Cl3O2S. The van der Waals surface area contributed by atoms with Gasteiger partial charge >= 0.3 is 5.97 Å². The van der Waals surface area contributed by atoms with Gasteiger partial charge in [0.15, 0.2) is 0 Å². The van der Waals surface area contributed by atoms with Crippen molar-refractivity contribution in [3.05, 3.63) is 29.8 Å². The molecule has 0 amide bonds. The predicted octanol–water partition coefficient (Wildman–Crippen LogP) is 3.80. The summed E-state index contributed by atoms with van der Waals surface area (Å²) in [5.74, 6) is -0.976. The summed E-state index contributed by atoms with van der Waals surface area (Å²) in [5.41, 5.74) is 0.207. The number of benzene rings is 1. The highest BCUT2D eigenvalue weighted by atomic mass is 35.6. The lowest BCUT2D eigenvalue weighted by atomic mass is 10.2.